The highest BCUT2D eigenvalue weighted by Gasteiger charge is 2.24. The van der Waals surface area contributed by atoms with Gasteiger partial charge in [-0.15, -0.1) is 0 Å². The van der Waals surface area contributed by atoms with Gasteiger partial charge in [0, 0.05) is 50.4 Å². The molecule has 1 aliphatic heterocycles. The van der Waals surface area contributed by atoms with Crippen LogP contribution in [0.5, 0.6) is 0 Å². The largest absolute Gasteiger partial charge is 0.375 e. The van der Waals surface area contributed by atoms with Gasteiger partial charge in [0.25, 0.3) is 0 Å². The maximum atomic E-state index is 4.81. The maximum Gasteiger partial charge on any atom is 0.135 e. The summed E-state index contributed by atoms with van der Waals surface area (Å²) in [5.41, 5.74) is 5.86. The minimum atomic E-state index is 0.0396. The fourth-order valence-electron chi connectivity index (χ4n) is 4.74. The topological polar surface area (TPSA) is 55.9 Å². The predicted molar refractivity (Wildman–Crippen MR) is 151 cm³/mol. The summed E-state index contributed by atoms with van der Waals surface area (Å²) in [5, 5.41) is 6.00. The Balaban J connectivity index is 1.72. The first-order valence-corrected chi connectivity index (χ1v) is 13.1. The van der Waals surface area contributed by atoms with Gasteiger partial charge in [-0.05, 0) is 69.1 Å². The minimum Gasteiger partial charge on any atom is -0.375 e. The maximum absolute atomic E-state index is 4.81. The highest BCUT2D eigenvalue weighted by Crippen LogP contribution is 2.33. The summed E-state index contributed by atoms with van der Waals surface area (Å²) < 4.78 is 0. The average molecular weight is 475 g/mol. The Morgan fingerprint density at radius 2 is 2.03 bits per heavy atom. The van der Waals surface area contributed by atoms with Crippen LogP contribution in [0.3, 0.4) is 0 Å². The summed E-state index contributed by atoms with van der Waals surface area (Å²) in [5.74, 6) is 0.630. The van der Waals surface area contributed by atoms with E-state index in [1.165, 1.54) is 29.8 Å². The molecule has 0 spiro atoms. The monoisotopic (exact) mass is 474 g/mol. The lowest BCUT2D eigenvalue weighted by molar-refractivity contribution is 0.347. The zero-order valence-corrected chi connectivity index (χ0v) is 21.9. The number of aliphatic imine (C=N–C) groups is 3. The lowest BCUT2D eigenvalue weighted by Crippen LogP contribution is -2.25. The molecule has 0 N–H and O–H groups in total. The number of likely N-dealkylation sites (N-methyl/N-ethyl adjacent to an activating group) is 1. The van der Waals surface area contributed by atoms with E-state index in [1.54, 1.807) is 17.4 Å². The van der Waals surface area contributed by atoms with Gasteiger partial charge in [0.1, 0.15) is 12.4 Å². The number of allylic oxidation sites excluding steroid dienone is 4. The van der Waals surface area contributed by atoms with Crippen molar-refractivity contribution in [3.63, 3.8) is 0 Å². The van der Waals surface area contributed by atoms with Gasteiger partial charge in [-0.2, -0.15) is 5.10 Å². The molecule has 0 amide bonds. The van der Waals surface area contributed by atoms with Crippen LogP contribution in [0.15, 0.2) is 80.2 Å². The van der Waals surface area contributed by atoms with E-state index in [2.05, 4.69) is 60.2 Å². The van der Waals surface area contributed by atoms with Gasteiger partial charge in [0.15, 0.2) is 0 Å². The third-order valence-corrected chi connectivity index (χ3v) is 7.00. The summed E-state index contributed by atoms with van der Waals surface area (Å²) in [7, 11) is 1.85. The summed E-state index contributed by atoms with van der Waals surface area (Å²) >= 11 is 0. The average Bonchev–Trinajstić information content (AvgIpc) is 2.87. The molecule has 188 valence electrons. The highest BCUT2D eigenvalue weighted by atomic mass is 15.4. The Morgan fingerprint density at radius 3 is 2.74 bits per heavy atom. The molecule has 3 rings (SSSR count). The molecule has 6 heteroatoms. The van der Waals surface area contributed by atoms with Crippen molar-refractivity contribution < 1.29 is 0 Å². The van der Waals surface area contributed by atoms with E-state index in [-0.39, 0.29) is 6.04 Å². The van der Waals surface area contributed by atoms with Gasteiger partial charge in [-0.3, -0.25) is 15.0 Å². The molecule has 0 aromatic carbocycles. The van der Waals surface area contributed by atoms with Crippen molar-refractivity contribution in [3.05, 3.63) is 60.1 Å². The fraction of sp³-hybridized carbons (Fsp3) is 0.517. The number of hydrazone groups is 1. The zero-order chi connectivity index (χ0) is 25.0. The molecule has 0 aromatic heterocycles. The zero-order valence-electron chi connectivity index (χ0n) is 21.9. The van der Waals surface area contributed by atoms with Crippen LogP contribution < -0.4 is 0 Å². The van der Waals surface area contributed by atoms with Crippen molar-refractivity contribution >= 4 is 24.5 Å². The van der Waals surface area contributed by atoms with Crippen LogP contribution in [0.25, 0.3) is 0 Å². The van der Waals surface area contributed by atoms with Crippen LogP contribution in [0.2, 0.25) is 0 Å². The van der Waals surface area contributed by atoms with Crippen molar-refractivity contribution in [2.24, 2.45) is 26.0 Å². The summed E-state index contributed by atoms with van der Waals surface area (Å²) in [4.78, 5) is 16.7. The number of nitrogens with zero attached hydrogens (tertiary/aromatic N) is 6. The second-order valence-electron chi connectivity index (χ2n) is 9.43. The van der Waals surface area contributed by atoms with Gasteiger partial charge in [-0.1, -0.05) is 38.7 Å². The van der Waals surface area contributed by atoms with Crippen LogP contribution in [0.1, 0.15) is 65.2 Å². The molecular weight excluding hydrogens is 432 g/mol. The Bertz CT molecular complexity index is 952. The summed E-state index contributed by atoms with van der Waals surface area (Å²) in [6.07, 6.45) is 22.7. The smallest absolute Gasteiger partial charge is 0.135 e. The van der Waals surface area contributed by atoms with Gasteiger partial charge in [0.2, 0.25) is 0 Å². The normalized spacial score (nSPS) is 21.9. The number of fused-ring (bicyclic) bond motifs is 1. The van der Waals surface area contributed by atoms with Crippen LogP contribution in [-0.2, 0) is 0 Å². The molecule has 2 aliphatic carbocycles. The van der Waals surface area contributed by atoms with Crippen LogP contribution in [0, 0.1) is 5.92 Å². The molecule has 6 nitrogen and oxygen atoms in total. The van der Waals surface area contributed by atoms with Crippen LogP contribution in [-0.4, -0.2) is 60.6 Å². The molecule has 1 fully saturated rings. The van der Waals surface area contributed by atoms with Crippen LogP contribution >= 0.6 is 0 Å². The van der Waals surface area contributed by atoms with E-state index in [9.17, 15) is 0 Å². The molecule has 0 saturated heterocycles. The van der Waals surface area contributed by atoms with Crippen molar-refractivity contribution in [2.45, 2.75) is 71.3 Å². The Kier molecular flexibility index (Phi) is 10.5. The number of hydrogen-bond donors (Lipinski definition) is 0. The fourth-order valence-corrected chi connectivity index (χ4v) is 4.74. The number of unbranched alkanes of at least 4 members (excludes halogenated alkanes) is 1. The van der Waals surface area contributed by atoms with E-state index >= 15 is 0 Å². The van der Waals surface area contributed by atoms with Gasteiger partial charge in [-0.25, -0.2) is 4.99 Å². The van der Waals surface area contributed by atoms with Crippen molar-refractivity contribution in [2.75, 3.05) is 20.1 Å². The second-order valence-corrected chi connectivity index (χ2v) is 9.43. The lowest BCUT2D eigenvalue weighted by Gasteiger charge is -2.29. The Hall–Kier alpha value is -3.02. The minimum absolute atomic E-state index is 0.0396. The van der Waals surface area contributed by atoms with Gasteiger partial charge < -0.3 is 4.90 Å². The first-order chi connectivity index (χ1) is 17.0. The van der Waals surface area contributed by atoms with Crippen molar-refractivity contribution in [1.82, 2.24) is 9.91 Å². The van der Waals surface area contributed by atoms with E-state index in [0.717, 1.165) is 63.0 Å². The Labute approximate surface area is 212 Å². The molecular formula is C29H42N6. The van der Waals surface area contributed by atoms with Gasteiger partial charge in [0.05, 0.1) is 11.4 Å². The molecule has 1 heterocycles. The highest BCUT2D eigenvalue weighted by molar-refractivity contribution is 6.17. The summed E-state index contributed by atoms with van der Waals surface area (Å²) in [6.45, 7) is 14.3. The van der Waals surface area contributed by atoms with E-state index in [1.807, 2.05) is 19.5 Å². The first-order valence-electron chi connectivity index (χ1n) is 13.1. The second kappa shape index (κ2) is 13.8. The van der Waals surface area contributed by atoms with E-state index in [4.69, 9.17) is 9.98 Å². The molecule has 1 atom stereocenters. The quantitative estimate of drug-likeness (QED) is 0.116. The van der Waals surface area contributed by atoms with E-state index < -0.39 is 0 Å². The SMILES string of the molecule is C=CC(=C)N(C)/N=C/N=C1CCC(CC2=C3N=CC=N[C@H]3C=CCC(N(CC)CCCC)=C2)CC1. The molecule has 0 unspecified atom stereocenters. The van der Waals surface area contributed by atoms with E-state index in [0.29, 0.717) is 5.92 Å². The van der Waals surface area contributed by atoms with Crippen molar-refractivity contribution in [1.29, 1.82) is 0 Å². The number of rotatable bonds is 11. The molecule has 3 aliphatic rings. The Morgan fingerprint density at radius 1 is 1.23 bits per heavy atom. The summed E-state index contributed by atoms with van der Waals surface area (Å²) in [6, 6.07) is 0.0396. The third-order valence-electron chi connectivity index (χ3n) is 7.00. The molecule has 0 aromatic rings. The first kappa shape index (κ1) is 26.6. The molecule has 35 heavy (non-hydrogen) atoms. The van der Waals surface area contributed by atoms with Crippen LogP contribution in [0.4, 0.5) is 0 Å². The molecule has 0 radical (unpaired) electrons. The standard InChI is InChI=1S/C29H42N6/c1-6-9-19-35(8-3)27-11-10-12-28-29(31-18-17-30-28)25(21-27)20-24-13-15-26(16-14-24)32-22-33-34(5)23(4)7-2/h7,10,12,17-18,21-22,24,28H,2,4,6,8-9,11,13-16,19-20H2,1,3,5H3/b12-10?,27-21?,29-25?,32-26?,33-22+/t24?,28-/m0/s1. The van der Waals surface area contributed by atoms with Crippen molar-refractivity contribution in [3.8, 4) is 0 Å². The van der Waals surface area contributed by atoms with Gasteiger partial charge >= 0.3 is 0 Å². The predicted octanol–water partition coefficient (Wildman–Crippen LogP) is 6.33. The molecule has 0 bridgehead atoms. The number of hydrogen-bond acceptors (Lipinski definition) is 5. The third kappa shape index (κ3) is 7.74. The lowest BCUT2D eigenvalue weighted by atomic mass is 9.82. The molecule has 1 saturated carbocycles.